The Morgan fingerprint density at radius 3 is 0.933 bits per heavy atom. The lowest BCUT2D eigenvalue weighted by Crippen LogP contribution is -1.74. The van der Waals surface area contributed by atoms with Gasteiger partial charge in [0.25, 0.3) is 0 Å². The van der Waals surface area contributed by atoms with Gasteiger partial charge in [0.05, 0.1) is 0 Å². The van der Waals surface area contributed by atoms with Crippen LogP contribution in [0.2, 0.25) is 0 Å². The van der Waals surface area contributed by atoms with Crippen molar-refractivity contribution in [3.8, 4) is 0 Å². The third-order valence-corrected chi connectivity index (χ3v) is 2.06. The number of hydrogen-bond acceptors (Lipinski definition) is 0. The minimum Gasteiger partial charge on any atom is -0.412 e. The van der Waals surface area contributed by atoms with Crippen molar-refractivity contribution in [1.29, 1.82) is 0 Å². The number of allylic oxidation sites excluding steroid dienone is 4. The summed E-state index contributed by atoms with van der Waals surface area (Å²) in [6, 6.07) is 0. The Labute approximate surface area is 95.2 Å². The first-order chi connectivity index (χ1) is 6.36. The molecule has 0 spiro atoms. The van der Waals surface area contributed by atoms with Crippen LogP contribution in [-0.4, -0.2) is 5.48 Å². The van der Waals surface area contributed by atoms with Crippen LogP contribution in [0.4, 0.5) is 0 Å². The van der Waals surface area contributed by atoms with Crippen LogP contribution in [0.25, 0.3) is 0 Å². The van der Waals surface area contributed by atoms with Crippen molar-refractivity contribution >= 4 is 0 Å². The van der Waals surface area contributed by atoms with Crippen molar-refractivity contribution in [2.45, 2.75) is 40.5 Å². The highest BCUT2D eigenvalue weighted by Gasteiger charge is 1.85. The summed E-state index contributed by atoms with van der Waals surface area (Å²) < 4.78 is 0. The first kappa shape index (κ1) is 19.5. The highest BCUT2D eigenvalue weighted by atomic mass is 16.0. The molecule has 0 saturated heterocycles. The first-order valence-electron chi connectivity index (χ1n) is 5.04. The molecule has 0 aliphatic heterocycles. The van der Waals surface area contributed by atoms with Crippen LogP contribution in [0.3, 0.4) is 0 Å². The van der Waals surface area contributed by atoms with Gasteiger partial charge in [-0.2, -0.15) is 0 Å². The second-order valence-corrected chi connectivity index (χ2v) is 3.47. The Bertz CT molecular complexity index is 208. The molecule has 1 heteroatoms. The molecule has 0 rings (SSSR count). The van der Waals surface area contributed by atoms with E-state index in [0.29, 0.717) is 0 Å². The SMILES string of the molecule is C=C(C)C(=C)CC.C=C(C)C(=C)CC.O. The van der Waals surface area contributed by atoms with Crippen molar-refractivity contribution < 1.29 is 5.48 Å². The summed E-state index contributed by atoms with van der Waals surface area (Å²) in [7, 11) is 0. The molecule has 0 aromatic heterocycles. The fourth-order valence-electron chi connectivity index (χ4n) is 0.604. The Kier molecular flexibility index (Phi) is 14.3. The van der Waals surface area contributed by atoms with E-state index in [1.165, 1.54) is 0 Å². The Morgan fingerprint density at radius 1 is 0.733 bits per heavy atom. The smallest absolute Gasteiger partial charge is 0.0311 e. The molecule has 0 bridgehead atoms. The third-order valence-electron chi connectivity index (χ3n) is 2.06. The maximum atomic E-state index is 3.77. The van der Waals surface area contributed by atoms with E-state index in [9.17, 15) is 0 Å². The molecule has 0 saturated carbocycles. The highest BCUT2D eigenvalue weighted by molar-refractivity contribution is 5.22. The van der Waals surface area contributed by atoms with Crippen LogP contribution in [0.5, 0.6) is 0 Å². The molecule has 0 aromatic rings. The zero-order valence-corrected chi connectivity index (χ0v) is 10.7. The van der Waals surface area contributed by atoms with Gasteiger partial charge in [-0.1, -0.05) is 62.5 Å². The molecule has 15 heavy (non-hydrogen) atoms. The van der Waals surface area contributed by atoms with Gasteiger partial charge in [-0.05, 0) is 26.7 Å². The minimum absolute atomic E-state index is 0. The largest absolute Gasteiger partial charge is 0.412 e. The molecular formula is C14H26O. The van der Waals surface area contributed by atoms with Crippen LogP contribution in [-0.2, 0) is 0 Å². The van der Waals surface area contributed by atoms with Gasteiger partial charge < -0.3 is 5.48 Å². The number of rotatable bonds is 4. The predicted molar refractivity (Wildman–Crippen MR) is 72.1 cm³/mol. The van der Waals surface area contributed by atoms with Crippen LogP contribution in [0.15, 0.2) is 48.6 Å². The quantitative estimate of drug-likeness (QED) is 0.622. The van der Waals surface area contributed by atoms with Crippen LogP contribution in [0, 0.1) is 0 Å². The van der Waals surface area contributed by atoms with Gasteiger partial charge in [-0.3, -0.25) is 0 Å². The number of hydrogen-bond donors (Lipinski definition) is 0. The average Bonchev–Trinajstić information content (AvgIpc) is 2.15. The molecule has 0 unspecified atom stereocenters. The fraction of sp³-hybridized carbons (Fsp3) is 0.429. The lowest BCUT2D eigenvalue weighted by atomic mass is 10.1. The third kappa shape index (κ3) is 12.9. The molecule has 0 aromatic carbocycles. The summed E-state index contributed by atoms with van der Waals surface area (Å²) in [6.07, 6.45) is 2.05. The standard InChI is InChI=1S/2C7H12.H2O/c2*1-5-7(4)6(2)3;/h2*2,4-5H2,1,3H3;1H2. The molecular weight excluding hydrogens is 184 g/mol. The van der Waals surface area contributed by atoms with E-state index in [0.717, 1.165) is 35.1 Å². The molecule has 0 aliphatic carbocycles. The summed E-state index contributed by atoms with van der Waals surface area (Å²) in [5.41, 5.74) is 4.50. The van der Waals surface area contributed by atoms with E-state index >= 15 is 0 Å². The molecule has 88 valence electrons. The van der Waals surface area contributed by atoms with Gasteiger partial charge >= 0.3 is 0 Å². The summed E-state index contributed by atoms with van der Waals surface area (Å²) in [5.74, 6) is 0. The van der Waals surface area contributed by atoms with Gasteiger partial charge in [0, 0.05) is 0 Å². The second-order valence-electron chi connectivity index (χ2n) is 3.47. The molecule has 0 atom stereocenters. The van der Waals surface area contributed by atoms with E-state index in [2.05, 4.69) is 40.2 Å². The average molecular weight is 210 g/mol. The fourth-order valence-corrected chi connectivity index (χ4v) is 0.604. The molecule has 0 aliphatic rings. The van der Waals surface area contributed by atoms with E-state index in [1.54, 1.807) is 0 Å². The summed E-state index contributed by atoms with van der Waals surface area (Å²) in [4.78, 5) is 0. The second kappa shape index (κ2) is 11.0. The normalized spacial score (nSPS) is 7.73. The van der Waals surface area contributed by atoms with Crippen molar-refractivity contribution in [2.24, 2.45) is 0 Å². The van der Waals surface area contributed by atoms with E-state index in [1.807, 2.05) is 13.8 Å². The van der Waals surface area contributed by atoms with Crippen LogP contribution in [0.1, 0.15) is 40.5 Å². The molecule has 0 radical (unpaired) electrons. The Morgan fingerprint density at radius 2 is 0.933 bits per heavy atom. The van der Waals surface area contributed by atoms with Crippen molar-refractivity contribution in [2.75, 3.05) is 0 Å². The van der Waals surface area contributed by atoms with Gasteiger partial charge in [0.15, 0.2) is 0 Å². The molecule has 0 amide bonds. The summed E-state index contributed by atoms with van der Waals surface area (Å²) >= 11 is 0. The zero-order chi connectivity index (χ0) is 11.7. The zero-order valence-electron chi connectivity index (χ0n) is 10.7. The van der Waals surface area contributed by atoms with Gasteiger partial charge in [0.1, 0.15) is 0 Å². The van der Waals surface area contributed by atoms with Gasteiger partial charge in [0.2, 0.25) is 0 Å². The van der Waals surface area contributed by atoms with Gasteiger partial charge in [-0.25, -0.2) is 0 Å². The molecule has 1 nitrogen and oxygen atoms in total. The van der Waals surface area contributed by atoms with Crippen molar-refractivity contribution in [3.05, 3.63) is 48.6 Å². The lowest BCUT2D eigenvalue weighted by molar-refractivity contribution is 0.824. The van der Waals surface area contributed by atoms with Crippen LogP contribution >= 0.6 is 0 Å². The van der Waals surface area contributed by atoms with Crippen molar-refractivity contribution in [3.63, 3.8) is 0 Å². The lowest BCUT2D eigenvalue weighted by Gasteiger charge is -1.95. The maximum absolute atomic E-state index is 3.77. The predicted octanol–water partition coefficient (Wildman–Crippen LogP) is 4.23. The molecule has 0 fully saturated rings. The van der Waals surface area contributed by atoms with Gasteiger partial charge in [-0.15, -0.1) is 0 Å². The summed E-state index contributed by atoms with van der Waals surface area (Å²) in [6.45, 7) is 23.1. The molecule has 2 N–H and O–H groups in total. The highest BCUT2D eigenvalue weighted by Crippen LogP contribution is 2.06. The van der Waals surface area contributed by atoms with Crippen LogP contribution < -0.4 is 0 Å². The topological polar surface area (TPSA) is 31.5 Å². The van der Waals surface area contributed by atoms with E-state index in [-0.39, 0.29) is 5.48 Å². The van der Waals surface area contributed by atoms with E-state index < -0.39 is 0 Å². The maximum Gasteiger partial charge on any atom is -0.0311 e. The monoisotopic (exact) mass is 210 g/mol. The first-order valence-corrected chi connectivity index (χ1v) is 5.04. The Balaban J connectivity index is -0.000000180. The minimum atomic E-state index is 0. The summed E-state index contributed by atoms with van der Waals surface area (Å²) in [5, 5.41) is 0. The van der Waals surface area contributed by atoms with Crippen molar-refractivity contribution in [1.82, 2.24) is 0 Å². The Hall–Kier alpha value is -1.08. The van der Waals surface area contributed by atoms with E-state index in [4.69, 9.17) is 0 Å². The molecule has 0 heterocycles.